The number of hydrogen-bond donors (Lipinski definition) is 2. The molecule has 1 fully saturated rings. The molecule has 0 amide bonds. The third kappa shape index (κ3) is 2.74. The van der Waals surface area contributed by atoms with Gasteiger partial charge in [0.05, 0.1) is 7.11 Å². The molecule has 5 heteroatoms. The summed E-state index contributed by atoms with van der Waals surface area (Å²) >= 11 is 0. The number of carbonyl (C=O) groups excluding carboxylic acids is 1. The van der Waals surface area contributed by atoms with Crippen LogP contribution in [0.3, 0.4) is 0 Å². The number of pyridine rings is 1. The van der Waals surface area contributed by atoms with Crippen molar-refractivity contribution in [3.8, 4) is 0 Å². The van der Waals surface area contributed by atoms with E-state index in [0.717, 1.165) is 24.9 Å². The highest BCUT2D eigenvalue weighted by molar-refractivity contribution is 5.88. The maximum atomic E-state index is 11.3. The first-order valence-electron chi connectivity index (χ1n) is 5.77. The summed E-state index contributed by atoms with van der Waals surface area (Å²) in [7, 11) is 1.34. The van der Waals surface area contributed by atoms with Crippen LogP contribution in [0, 0.1) is 0 Å². The van der Waals surface area contributed by atoms with E-state index in [4.69, 9.17) is 5.73 Å². The van der Waals surface area contributed by atoms with Crippen molar-refractivity contribution in [1.82, 2.24) is 4.98 Å². The van der Waals surface area contributed by atoms with E-state index in [0.29, 0.717) is 5.69 Å². The fourth-order valence-electron chi connectivity index (χ4n) is 2.12. The molecule has 0 bridgehead atoms. The lowest BCUT2D eigenvalue weighted by molar-refractivity contribution is 0.0594. The normalized spacial score (nSPS) is 23.4. The zero-order chi connectivity index (χ0) is 12.3. The van der Waals surface area contributed by atoms with E-state index in [-0.39, 0.29) is 12.1 Å². The predicted octanol–water partition coefficient (Wildman–Crippen LogP) is 1.16. The highest BCUT2D eigenvalue weighted by atomic mass is 16.5. The average Bonchev–Trinajstić information content (AvgIpc) is 2.74. The van der Waals surface area contributed by atoms with Gasteiger partial charge in [-0.2, -0.15) is 0 Å². The van der Waals surface area contributed by atoms with Gasteiger partial charge in [-0.05, 0) is 31.4 Å². The molecular formula is C12H17N3O2. The van der Waals surface area contributed by atoms with Gasteiger partial charge >= 0.3 is 5.97 Å². The Labute approximate surface area is 100 Å². The molecular weight excluding hydrogens is 218 g/mol. The van der Waals surface area contributed by atoms with Crippen LogP contribution in [-0.4, -0.2) is 30.1 Å². The minimum Gasteiger partial charge on any atom is -0.464 e. The van der Waals surface area contributed by atoms with E-state index < -0.39 is 5.97 Å². The lowest BCUT2D eigenvalue weighted by Crippen LogP contribution is -2.35. The van der Waals surface area contributed by atoms with E-state index in [2.05, 4.69) is 15.0 Å². The maximum absolute atomic E-state index is 11.3. The molecule has 0 saturated heterocycles. The standard InChI is InChI=1S/C12H17N3O2/c1-17-12(16)11-7-8(5-6-14-11)15-10-4-2-3-9(10)13/h5-7,9-10H,2-4,13H2,1H3,(H,14,15). The second-order valence-corrected chi connectivity index (χ2v) is 4.27. The lowest BCUT2D eigenvalue weighted by Gasteiger charge is -2.18. The summed E-state index contributed by atoms with van der Waals surface area (Å²) < 4.78 is 4.63. The molecule has 5 nitrogen and oxygen atoms in total. The van der Waals surface area contributed by atoms with Crippen LogP contribution in [-0.2, 0) is 4.74 Å². The van der Waals surface area contributed by atoms with E-state index in [1.54, 1.807) is 12.3 Å². The number of nitrogens with zero attached hydrogens (tertiary/aromatic N) is 1. The summed E-state index contributed by atoms with van der Waals surface area (Å²) in [5.74, 6) is -0.427. The minimum absolute atomic E-state index is 0.185. The number of ether oxygens (including phenoxy) is 1. The molecule has 1 aromatic heterocycles. The first kappa shape index (κ1) is 11.9. The molecule has 0 spiro atoms. The second kappa shape index (κ2) is 5.14. The Bertz CT molecular complexity index is 408. The molecule has 3 N–H and O–H groups in total. The van der Waals surface area contributed by atoms with Crippen LogP contribution in [0.5, 0.6) is 0 Å². The number of hydrogen-bond acceptors (Lipinski definition) is 5. The monoisotopic (exact) mass is 235 g/mol. The van der Waals surface area contributed by atoms with Gasteiger partial charge < -0.3 is 15.8 Å². The predicted molar refractivity (Wildman–Crippen MR) is 64.8 cm³/mol. The van der Waals surface area contributed by atoms with Crippen molar-refractivity contribution < 1.29 is 9.53 Å². The average molecular weight is 235 g/mol. The quantitative estimate of drug-likeness (QED) is 0.769. The molecule has 0 aliphatic heterocycles. The first-order valence-corrected chi connectivity index (χ1v) is 5.77. The van der Waals surface area contributed by atoms with Gasteiger partial charge in [-0.1, -0.05) is 0 Å². The number of nitrogens with two attached hydrogens (primary N) is 1. The number of esters is 1. The van der Waals surface area contributed by atoms with Crippen molar-refractivity contribution in [3.63, 3.8) is 0 Å². The Balaban J connectivity index is 2.08. The van der Waals surface area contributed by atoms with E-state index in [1.807, 2.05) is 6.07 Å². The molecule has 2 atom stereocenters. The molecule has 2 unspecified atom stereocenters. The highest BCUT2D eigenvalue weighted by Crippen LogP contribution is 2.21. The number of methoxy groups -OCH3 is 1. The Morgan fingerprint density at radius 1 is 1.59 bits per heavy atom. The zero-order valence-electron chi connectivity index (χ0n) is 9.85. The fraction of sp³-hybridized carbons (Fsp3) is 0.500. The maximum Gasteiger partial charge on any atom is 0.356 e. The van der Waals surface area contributed by atoms with Crippen molar-refractivity contribution in [2.24, 2.45) is 5.73 Å². The van der Waals surface area contributed by atoms with Crippen LogP contribution >= 0.6 is 0 Å². The lowest BCUT2D eigenvalue weighted by atomic mass is 10.2. The van der Waals surface area contributed by atoms with Gasteiger partial charge in [0.1, 0.15) is 5.69 Å². The third-order valence-electron chi connectivity index (χ3n) is 3.08. The van der Waals surface area contributed by atoms with E-state index >= 15 is 0 Å². The number of nitrogens with one attached hydrogen (secondary N) is 1. The SMILES string of the molecule is COC(=O)c1cc(NC2CCCC2N)ccn1. The molecule has 17 heavy (non-hydrogen) atoms. The third-order valence-corrected chi connectivity index (χ3v) is 3.08. The van der Waals surface area contributed by atoms with Gasteiger partial charge in [-0.3, -0.25) is 0 Å². The Morgan fingerprint density at radius 2 is 2.41 bits per heavy atom. The van der Waals surface area contributed by atoms with Crippen molar-refractivity contribution in [2.45, 2.75) is 31.3 Å². The number of carbonyl (C=O) groups is 1. The van der Waals surface area contributed by atoms with E-state index in [1.165, 1.54) is 7.11 Å². The van der Waals surface area contributed by atoms with Gasteiger partial charge in [0.25, 0.3) is 0 Å². The summed E-state index contributed by atoms with van der Waals surface area (Å²) in [4.78, 5) is 15.3. The Kier molecular flexibility index (Phi) is 3.58. The molecule has 92 valence electrons. The molecule has 1 heterocycles. The number of anilines is 1. The van der Waals surface area contributed by atoms with Crippen molar-refractivity contribution in [3.05, 3.63) is 24.0 Å². The summed E-state index contributed by atoms with van der Waals surface area (Å²) in [6.45, 7) is 0. The molecule has 1 aliphatic carbocycles. The molecule has 1 saturated carbocycles. The Morgan fingerprint density at radius 3 is 3.06 bits per heavy atom. The zero-order valence-corrected chi connectivity index (χ0v) is 9.85. The minimum atomic E-state index is -0.427. The summed E-state index contributed by atoms with van der Waals surface area (Å²) in [6, 6.07) is 3.99. The molecule has 1 aromatic rings. The molecule has 2 rings (SSSR count). The molecule has 1 aliphatic rings. The van der Waals surface area contributed by atoms with Crippen LogP contribution in [0.25, 0.3) is 0 Å². The highest BCUT2D eigenvalue weighted by Gasteiger charge is 2.23. The summed E-state index contributed by atoms with van der Waals surface area (Å²) in [6.07, 6.45) is 4.85. The van der Waals surface area contributed by atoms with Gasteiger partial charge in [0.15, 0.2) is 0 Å². The van der Waals surface area contributed by atoms with Crippen molar-refractivity contribution in [2.75, 3.05) is 12.4 Å². The smallest absolute Gasteiger partial charge is 0.356 e. The van der Waals surface area contributed by atoms with Gasteiger partial charge in [0.2, 0.25) is 0 Å². The topological polar surface area (TPSA) is 77.2 Å². The van der Waals surface area contributed by atoms with Crippen LogP contribution in [0.1, 0.15) is 29.8 Å². The van der Waals surface area contributed by atoms with Crippen LogP contribution in [0.4, 0.5) is 5.69 Å². The Hall–Kier alpha value is -1.62. The van der Waals surface area contributed by atoms with Gasteiger partial charge in [0, 0.05) is 24.0 Å². The van der Waals surface area contributed by atoms with Crippen LogP contribution in [0.15, 0.2) is 18.3 Å². The summed E-state index contributed by atoms with van der Waals surface area (Å²) in [5, 5.41) is 3.34. The molecule has 0 radical (unpaired) electrons. The first-order chi connectivity index (χ1) is 8.20. The van der Waals surface area contributed by atoms with Crippen molar-refractivity contribution >= 4 is 11.7 Å². The summed E-state index contributed by atoms with van der Waals surface area (Å²) in [5.41, 5.74) is 7.15. The molecule has 0 aromatic carbocycles. The number of rotatable bonds is 3. The largest absolute Gasteiger partial charge is 0.464 e. The van der Waals surface area contributed by atoms with Crippen LogP contribution < -0.4 is 11.1 Å². The van der Waals surface area contributed by atoms with Gasteiger partial charge in [-0.15, -0.1) is 0 Å². The number of aromatic nitrogens is 1. The fourth-order valence-corrected chi connectivity index (χ4v) is 2.12. The van der Waals surface area contributed by atoms with Gasteiger partial charge in [-0.25, -0.2) is 9.78 Å². The van der Waals surface area contributed by atoms with Crippen molar-refractivity contribution in [1.29, 1.82) is 0 Å². The second-order valence-electron chi connectivity index (χ2n) is 4.27. The van der Waals surface area contributed by atoms with Crippen LogP contribution in [0.2, 0.25) is 0 Å². The van der Waals surface area contributed by atoms with E-state index in [9.17, 15) is 4.79 Å².